The fraction of sp³-hybridized carbons (Fsp3) is 0.688. The summed E-state index contributed by atoms with van der Waals surface area (Å²) in [5.41, 5.74) is 0. The molecule has 0 radical (unpaired) electrons. The highest BCUT2D eigenvalue weighted by atomic mass is 16.5. The van der Waals surface area contributed by atoms with Gasteiger partial charge >= 0.3 is 6.03 Å². The van der Waals surface area contributed by atoms with Crippen LogP contribution < -0.4 is 0 Å². The van der Waals surface area contributed by atoms with Gasteiger partial charge in [-0.25, -0.2) is 4.79 Å². The minimum atomic E-state index is -0.263. The Morgan fingerprint density at radius 1 is 1.04 bits per heavy atom. The monoisotopic (exact) mass is 335 g/mol. The topological polar surface area (TPSA) is 70.9 Å². The molecule has 8 heteroatoms. The second-order valence-electron chi connectivity index (χ2n) is 6.10. The highest BCUT2D eigenvalue weighted by molar-refractivity contribution is 5.81. The minimum absolute atomic E-state index is 0.0597. The van der Waals surface area contributed by atoms with Crippen LogP contribution in [0.15, 0.2) is 18.5 Å². The second-order valence-corrected chi connectivity index (χ2v) is 6.10. The fourth-order valence-corrected chi connectivity index (χ4v) is 3.22. The second kappa shape index (κ2) is 7.65. The number of aromatic nitrogens is 2. The summed E-state index contributed by atoms with van der Waals surface area (Å²) in [5.74, 6) is 0.0830. The van der Waals surface area contributed by atoms with E-state index in [-0.39, 0.29) is 18.0 Å². The number of piperazine rings is 1. The molecule has 8 nitrogen and oxygen atoms in total. The molecule has 24 heavy (non-hydrogen) atoms. The van der Waals surface area contributed by atoms with Crippen LogP contribution in [0.5, 0.6) is 0 Å². The maximum atomic E-state index is 12.7. The molecule has 0 saturated carbocycles. The summed E-state index contributed by atoms with van der Waals surface area (Å²) in [5, 5.41) is 4.19. The largest absolute Gasteiger partial charge is 0.378 e. The number of hydrogen-bond acceptors (Lipinski definition) is 4. The Labute approximate surface area is 141 Å². The van der Waals surface area contributed by atoms with Crippen molar-refractivity contribution >= 4 is 11.9 Å². The van der Waals surface area contributed by atoms with Gasteiger partial charge in [0, 0.05) is 51.7 Å². The summed E-state index contributed by atoms with van der Waals surface area (Å²) in [6.45, 7) is 6.81. The average molecular weight is 335 g/mol. The van der Waals surface area contributed by atoms with Gasteiger partial charge in [0.05, 0.1) is 13.2 Å². The summed E-state index contributed by atoms with van der Waals surface area (Å²) in [4.78, 5) is 30.7. The molecule has 1 atom stereocenters. The molecule has 0 aliphatic carbocycles. The van der Waals surface area contributed by atoms with Gasteiger partial charge in [-0.05, 0) is 12.5 Å². The van der Waals surface area contributed by atoms with Gasteiger partial charge in [-0.3, -0.25) is 9.48 Å². The molecular weight excluding hydrogens is 310 g/mol. The lowest BCUT2D eigenvalue weighted by molar-refractivity contribution is -0.136. The van der Waals surface area contributed by atoms with Gasteiger partial charge in [-0.15, -0.1) is 0 Å². The van der Waals surface area contributed by atoms with E-state index in [1.807, 2.05) is 33.9 Å². The smallest absolute Gasteiger partial charge is 0.320 e. The molecule has 3 amide bonds. The Morgan fingerprint density at radius 3 is 2.25 bits per heavy atom. The molecule has 2 fully saturated rings. The van der Waals surface area contributed by atoms with Crippen LogP contribution in [0.3, 0.4) is 0 Å². The number of carbonyl (C=O) groups is 2. The summed E-state index contributed by atoms with van der Waals surface area (Å²) in [6.07, 6.45) is 4.21. The molecule has 2 aliphatic heterocycles. The number of nitrogens with zero attached hydrogens (tertiary/aromatic N) is 5. The number of rotatable bonds is 3. The van der Waals surface area contributed by atoms with E-state index in [0.717, 1.165) is 0 Å². The van der Waals surface area contributed by atoms with Crippen LogP contribution in [0, 0.1) is 0 Å². The van der Waals surface area contributed by atoms with Crippen molar-refractivity contribution in [2.45, 2.75) is 19.4 Å². The van der Waals surface area contributed by atoms with Gasteiger partial charge in [0.2, 0.25) is 5.91 Å². The number of carbonyl (C=O) groups excluding carboxylic acids is 2. The van der Waals surface area contributed by atoms with Crippen LogP contribution in [0.4, 0.5) is 4.79 Å². The zero-order valence-electron chi connectivity index (χ0n) is 14.1. The normalized spacial score (nSPS) is 20.1. The lowest BCUT2D eigenvalue weighted by atomic mass is 10.2. The van der Waals surface area contributed by atoms with Gasteiger partial charge in [0.1, 0.15) is 6.04 Å². The van der Waals surface area contributed by atoms with Crippen LogP contribution in [0.1, 0.15) is 19.4 Å². The van der Waals surface area contributed by atoms with Crippen LogP contribution in [0.2, 0.25) is 0 Å². The molecule has 0 unspecified atom stereocenters. The third-order valence-electron chi connectivity index (χ3n) is 4.66. The van der Waals surface area contributed by atoms with Crippen molar-refractivity contribution in [1.29, 1.82) is 0 Å². The van der Waals surface area contributed by atoms with Gasteiger partial charge in [0.25, 0.3) is 0 Å². The summed E-state index contributed by atoms with van der Waals surface area (Å²) < 4.78 is 7.00. The molecule has 3 rings (SSSR count). The van der Waals surface area contributed by atoms with Crippen molar-refractivity contribution in [3.8, 4) is 0 Å². The SMILES string of the molecule is CC[C@H](C(=O)N1CCN(C(=O)N2CCOCC2)CC1)n1cccn1. The van der Waals surface area contributed by atoms with Gasteiger partial charge in [-0.2, -0.15) is 5.10 Å². The van der Waals surface area contributed by atoms with E-state index in [9.17, 15) is 9.59 Å². The molecule has 0 spiro atoms. The van der Waals surface area contributed by atoms with E-state index >= 15 is 0 Å². The third-order valence-corrected chi connectivity index (χ3v) is 4.66. The van der Waals surface area contributed by atoms with Crippen LogP contribution in [-0.4, -0.2) is 88.9 Å². The average Bonchev–Trinajstić information content (AvgIpc) is 3.17. The van der Waals surface area contributed by atoms with Crippen molar-refractivity contribution < 1.29 is 14.3 Å². The quantitative estimate of drug-likeness (QED) is 0.803. The van der Waals surface area contributed by atoms with E-state index in [1.165, 1.54) is 0 Å². The van der Waals surface area contributed by atoms with Crippen LogP contribution >= 0.6 is 0 Å². The van der Waals surface area contributed by atoms with E-state index in [1.54, 1.807) is 10.9 Å². The van der Waals surface area contributed by atoms with Crippen LogP contribution in [-0.2, 0) is 9.53 Å². The molecule has 0 aromatic carbocycles. The summed E-state index contributed by atoms with van der Waals surface area (Å²) in [6, 6.07) is 1.63. The molecule has 2 saturated heterocycles. The first kappa shape index (κ1) is 16.8. The first-order chi connectivity index (χ1) is 11.7. The predicted octanol–water partition coefficient (Wildman–Crippen LogP) is 0.431. The zero-order chi connectivity index (χ0) is 16.9. The van der Waals surface area contributed by atoms with E-state index in [4.69, 9.17) is 4.74 Å². The summed E-state index contributed by atoms with van der Waals surface area (Å²) in [7, 11) is 0. The third kappa shape index (κ3) is 3.53. The van der Waals surface area contributed by atoms with Gasteiger partial charge < -0.3 is 19.4 Å². The molecule has 1 aromatic rings. The van der Waals surface area contributed by atoms with E-state index in [2.05, 4.69) is 5.10 Å². The van der Waals surface area contributed by atoms with E-state index in [0.29, 0.717) is 58.9 Å². The van der Waals surface area contributed by atoms with Crippen molar-refractivity contribution in [2.75, 3.05) is 52.5 Å². The number of ether oxygens (including phenoxy) is 1. The lowest BCUT2D eigenvalue weighted by Gasteiger charge is -2.39. The zero-order valence-corrected chi connectivity index (χ0v) is 14.1. The standard InChI is InChI=1S/C16H25N5O3/c1-2-14(21-5-3-4-17-21)15(22)18-6-8-19(9-7-18)16(23)20-10-12-24-13-11-20/h3-5,14H,2,6-13H2,1H3/t14-/m1/s1. The maximum absolute atomic E-state index is 12.7. The number of amides is 3. The summed E-state index contributed by atoms with van der Waals surface area (Å²) >= 11 is 0. The van der Waals surface area contributed by atoms with Crippen molar-refractivity contribution in [1.82, 2.24) is 24.5 Å². The fourth-order valence-electron chi connectivity index (χ4n) is 3.22. The lowest BCUT2D eigenvalue weighted by Crippen LogP contribution is -2.56. The maximum Gasteiger partial charge on any atom is 0.320 e. The molecule has 3 heterocycles. The number of hydrogen-bond donors (Lipinski definition) is 0. The Hall–Kier alpha value is -2.09. The van der Waals surface area contributed by atoms with Gasteiger partial charge in [-0.1, -0.05) is 6.92 Å². The first-order valence-corrected chi connectivity index (χ1v) is 8.60. The van der Waals surface area contributed by atoms with Crippen LogP contribution in [0.25, 0.3) is 0 Å². The Kier molecular flexibility index (Phi) is 5.34. The minimum Gasteiger partial charge on any atom is -0.378 e. The predicted molar refractivity (Wildman–Crippen MR) is 87.5 cm³/mol. The van der Waals surface area contributed by atoms with Crippen molar-refractivity contribution in [3.63, 3.8) is 0 Å². The Balaban J connectivity index is 1.54. The molecule has 2 aliphatic rings. The number of urea groups is 1. The van der Waals surface area contributed by atoms with Gasteiger partial charge in [0.15, 0.2) is 0 Å². The highest BCUT2D eigenvalue weighted by Gasteiger charge is 2.31. The molecule has 0 bridgehead atoms. The first-order valence-electron chi connectivity index (χ1n) is 8.60. The van der Waals surface area contributed by atoms with E-state index < -0.39 is 0 Å². The molecule has 1 aromatic heterocycles. The highest BCUT2D eigenvalue weighted by Crippen LogP contribution is 2.16. The molecular formula is C16H25N5O3. The number of morpholine rings is 1. The van der Waals surface area contributed by atoms with Crippen molar-refractivity contribution in [3.05, 3.63) is 18.5 Å². The molecule has 0 N–H and O–H groups in total. The Morgan fingerprint density at radius 2 is 1.67 bits per heavy atom. The molecule has 132 valence electrons. The van der Waals surface area contributed by atoms with Crippen molar-refractivity contribution in [2.24, 2.45) is 0 Å². The Bertz CT molecular complexity index is 548.